The lowest BCUT2D eigenvalue weighted by Gasteiger charge is -2.17. The van der Waals surface area contributed by atoms with E-state index >= 15 is 0 Å². The number of rotatable bonds is 4. The number of benzene rings is 2. The van der Waals surface area contributed by atoms with Gasteiger partial charge in [-0.2, -0.15) is 0 Å². The minimum absolute atomic E-state index is 0.0965. The van der Waals surface area contributed by atoms with Crippen molar-refractivity contribution < 1.29 is 0 Å². The second kappa shape index (κ2) is 6.45. The molecule has 2 aromatic heterocycles. The van der Waals surface area contributed by atoms with Crippen molar-refractivity contribution >= 4 is 21.8 Å². The van der Waals surface area contributed by atoms with Gasteiger partial charge >= 0.3 is 0 Å². The van der Waals surface area contributed by atoms with E-state index in [1.165, 1.54) is 0 Å². The molecule has 1 N–H and O–H groups in total. The first kappa shape index (κ1) is 15.5. The molecule has 0 saturated carbocycles. The van der Waals surface area contributed by atoms with Crippen molar-refractivity contribution in [1.29, 1.82) is 0 Å². The summed E-state index contributed by atoms with van der Waals surface area (Å²) in [6.07, 6.45) is 1.81. The van der Waals surface area contributed by atoms with Gasteiger partial charge in [-0.3, -0.25) is 14.7 Å². The Morgan fingerprint density at radius 3 is 2.76 bits per heavy atom. The summed E-state index contributed by atoms with van der Waals surface area (Å²) in [6, 6.07) is 17.6. The molecular formula is C20H18N4O. The van der Waals surface area contributed by atoms with Crippen molar-refractivity contribution in [3.8, 4) is 0 Å². The quantitative estimate of drug-likeness (QED) is 0.624. The van der Waals surface area contributed by atoms with Crippen LogP contribution in [0.25, 0.3) is 21.8 Å². The van der Waals surface area contributed by atoms with E-state index in [2.05, 4.69) is 38.1 Å². The molecular weight excluding hydrogens is 312 g/mol. The van der Waals surface area contributed by atoms with Gasteiger partial charge in [0.05, 0.1) is 23.0 Å². The molecule has 0 radical (unpaired) electrons. The summed E-state index contributed by atoms with van der Waals surface area (Å²) in [6.45, 7) is 1.29. The Balaban J connectivity index is 1.60. The number of H-pyrrole nitrogens is 1. The van der Waals surface area contributed by atoms with Gasteiger partial charge in [-0.25, -0.2) is 4.98 Å². The fourth-order valence-corrected chi connectivity index (χ4v) is 3.11. The summed E-state index contributed by atoms with van der Waals surface area (Å²) in [5.41, 5.74) is 2.79. The average molecular weight is 330 g/mol. The molecule has 0 aliphatic rings. The number of fused-ring (bicyclic) bond motifs is 2. The summed E-state index contributed by atoms with van der Waals surface area (Å²) in [5, 5.41) is 1.75. The molecule has 0 unspecified atom stereocenters. The molecule has 4 aromatic rings. The zero-order valence-electron chi connectivity index (χ0n) is 13.9. The summed E-state index contributed by atoms with van der Waals surface area (Å²) in [4.78, 5) is 26.3. The Morgan fingerprint density at radius 2 is 1.84 bits per heavy atom. The van der Waals surface area contributed by atoms with E-state index in [0.29, 0.717) is 17.8 Å². The number of aromatic amines is 1. The molecule has 124 valence electrons. The largest absolute Gasteiger partial charge is 0.309 e. The third-order valence-electron chi connectivity index (χ3n) is 4.24. The first-order valence-corrected chi connectivity index (χ1v) is 8.20. The van der Waals surface area contributed by atoms with Gasteiger partial charge in [0.25, 0.3) is 5.56 Å². The first-order valence-electron chi connectivity index (χ1n) is 8.20. The highest BCUT2D eigenvalue weighted by molar-refractivity contribution is 5.81. The van der Waals surface area contributed by atoms with Crippen LogP contribution in [0, 0.1) is 0 Å². The van der Waals surface area contributed by atoms with Crippen LogP contribution in [0.1, 0.15) is 11.4 Å². The molecule has 0 amide bonds. The highest BCUT2D eigenvalue weighted by Crippen LogP contribution is 2.17. The second-order valence-electron chi connectivity index (χ2n) is 6.19. The molecule has 0 fully saturated rings. The van der Waals surface area contributed by atoms with Crippen molar-refractivity contribution in [1.82, 2.24) is 19.9 Å². The van der Waals surface area contributed by atoms with Crippen LogP contribution in [0.3, 0.4) is 0 Å². The highest BCUT2D eigenvalue weighted by Gasteiger charge is 2.09. The normalized spacial score (nSPS) is 11.4. The van der Waals surface area contributed by atoms with Crippen LogP contribution in [0.2, 0.25) is 0 Å². The van der Waals surface area contributed by atoms with Crippen molar-refractivity contribution in [2.45, 2.75) is 13.1 Å². The smallest absolute Gasteiger partial charge is 0.258 e. The van der Waals surface area contributed by atoms with E-state index in [9.17, 15) is 4.79 Å². The van der Waals surface area contributed by atoms with E-state index in [0.717, 1.165) is 28.5 Å². The van der Waals surface area contributed by atoms with E-state index < -0.39 is 0 Å². The molecule has 5 nitrogen and oxygen atoms in total. The van der Waals surface area contributed by atoms with Gasteiger partial charge in [-0.1, -0.05) is 36.4 Å². The first-order chi connectivity index (χ1) is 12.2. The van der Waals surface area contributed by atoms with Gasteiger partial charge < -0.3 is 4.98 Å². The summed E-state index contributed by atoms with van der Waals surface area (Å²) < 4.78 is 0. The van der Waals surface area contributed by atoms with Gasteiger partial charge in [0, 0.05) is 18.1 Å². The maximum atomic E-state index is 12.2. The van der Waals surface area contributed by atoms with Gasteiger partial charge in [0.15, 0.2) is 0 Å². The monoisotopic (exact) mass is 330 g/mol. The van der Waals surface area contributed by atoms with Gasteiger partial charge in [0.2, 0.25) is 0 Å². The lowest BCUT2D eigenvalue weighted by atomic mass is 10.1. The molecule has 25 heavy (non-hydrogen) atoms. The molecule has 0 aliphatic heterocycles. The molecule has 0 atom stereocenters. The minimum Gasteiger partial charge on any atom is -0.309 e. The lowest BCUT2D eigenvalue weighted by molar-refractivity contribution is 0.311. The number of para-hydroxylation sites is 2. The molecule has 2 aromatic carbocycles. The van der Waals surface area contributed by atoms with Crippen LogP contribution >= 0.6 is 0 Å². The fourth-order valence-electron chi connectivity index (χ4n) is 3.11. The van der Waals surface area contributed by atoms with E-state index in [-0.39, 0.29) is 5.56 Å². The van der Waals surface area contributed by atoms with E-state index in [1.807, 2.05) is 43.6 Å². The molecule has 0 saturated heterocycles. The number of hydrogen-bond donors (Lipinski definition) is 1. The Bertz CT molecular complexity index is 1100. The Morgan fingerprint density at radius 1 is 1.00 bits per heavy atom. The van der Waals surface area contributed by atoms with Crippen molar-refractivity contribution in [3.05, 3.63) is 82.5 Å². The van der Waals surface area contributed by atoms with Gasteiger partial charge in [0.1, 0.15) is 5.82 Å². The highest BCUT2D eigenvalue weighted by atomic mass is 16.1. The molecule has 4 rings (SSSR count). The zero-order chi connectivity index (χ0) is 17.2. The van der Waals surface area contributed by atoms with Crippen LogP contribution in [0.15, 0.2) is 65.6 Å². The summed E-state index contributed by atoms with van der Waals surface area (Å²) >= 11 is 0. The van der Waals surface area contributed by atoms with Crippen LogP contribution in [-0.4, -0.2) is 26.9 Å². The lowest BCUT2D eigenvalue weighted by Crippen LogP contribution is -2.22. The summed E-state index contributed by atoms with van der Waals surface area (Å²) in [7, 11) is 2.01. The zero-order valence-corrected chi connectivity index (χ0v) is 13.9. The van der Waals surface area contributed by atoms with Crippen molar-refractivity contribution in [2.24, 2.45) is 0 Å². The number of nitrogens with zero attached hydrogens (tertiary/aromatic N) is 3. The molecule has 0 aliphatic carbocycles. The Labute approximate surface area is 145 Å². The average Bonchev–Trinajstić information content (AvgIpc) is 2.62. The molecule has 0 bridgehead atoms. The minimum atomic E-state index is -0.0965. The molecule has 0 spiro atoms. The van der Waals surface area contributed by atoms with Crippen LogP contribution < -0.4 is 5.56 Å². The van der Waals surface area contributed by atoms with Gasteiger partial charge in [-0.15, -0.1) is 0 Å². The molecule has 2 heterocycles. The predicted molar refractivity (Wildman–Crippen MR) is 99.3 cm³/mol. The van der Waals surface area contributed by atoms with Crippen molar-refractivity contribution in [2.75, 3.05) is 7.05 Å². The SMILES string of the molecule is CN(Cc1nc2ccccc2c(=O)[nH]1)Cc1cccc2cccnc12. The Kier molecular flexibility index (Phi) is 3.99. The Hall–Kier alpha value is -3.05. The van der Waals surface area contributed by atoms with E-state index in [1.54, 1.807) is 6.07 Å². The standard InChI is InChI=1S/C20H18N4O/c1-24(12-15-7-4-6-14-8-5-11-21-19(14)15)13-18-22-17-10-3-2-9-16(17)20(25)23-18/h2-11H,12-13H2,1H3,(H,22,23,25). The number of pyridine rings is 1. The van der Waals surface area contributed by atoms with E-state index in [4.69, 9.17) is 0 Å². The third kappa shape index (κ3) is 3.14. The van der Waals surface area contributed by atoms with Gasteiger partial charge in [-0.05, 0) is 30.8 Å². The van der Waals surface area contributed by atoms with Crippen LogP contribution in [0.4, 0.5) is 0 Å². The predicted octanol–water partition coefficient (Wildman–Crippen LogP) is 3.10. The summed E-state index contributed by atoms with van der Waals surface area (Å²) in [5.74, 6) is 0.666. The fraction of sp³-hybridized carbons (Fsp3) is 0.150. The number of aromatic nitrogens is 3. The second-order valence-corrected chi connectivity index (χ2v) is 6.19. The number of nitrogens with one attached hydrogen (secondary N) is 1. The van der Waals surface area contributed by atoms with Crippen molar-refractivity contribution in [3.63, 3.8) is 0 Å². The molecule has 5 heteroatoms. The number of hydrogen-bond acceptors (Lipinski definition) is 4. The maximum Gasteiger partial charge on any atom is 0.258 e. The maximum absolute atomic E-state index is 12.2. The topological polar surface area (TPSA) is 61.9 Å². The van der Waals surface area contributed by atoms with Crippen LogP contribution in [-0.2, 0) is 13.1 Å². The van der Waals surface area contributed by atoms with Crippen LogP contribution in [0.5, 0.6) is 0 Å². The third-order valence-corrected chi connectivity index (χ3v) is 4.24.